The van der Waals surface area contributed by atoms with Crippen LogP contribution in [0.2, 0.25) is 0 Å². The summed E-state index contributed by atoms with van der Waals surface area (Å²) in [5.41, 5.74) is -2.14. The van der Waals surface area contributed by atoms with Gasteiger partial charge in [0, 0.05) is 23.5 Å². The van der Waals surface area contributed by atoms with Crippen molar-refractivity contribution in [2.75, 3.05) is 11.2 Å². The van der Waals surface area contributed by atoms with E-state index in [0.717, 1.165) is 0 Å². The van der Waals surface area contributed by atoms with E-state index in [2.05, 4.69) is 87.3 Å². The van der Waals surface area contributed by atoms with Crippen molar-refractivity contribution < 1.29 is 78.6 Å². The Balaban J connectivity index is -0.000000104. The molecule has 0 spiro atoms. The Hall–Kier alpha value is 0.390. The Labute approximate surface area is 393 Å². The second kappa shape index (κ2) is 33.0. The van der Waals surface area contributed by atoms with Crippen LogP contribution in [0.25, 0.3) is 0 Å². The number of hydrogen-bond donors (Lipinski definition) is 0. The second-order valence-corrected chi connectivity index (χ2v) is 17.7. The van der Waals surface area contributed by atoms with Gasteiger partial charge in [-0.05, 0) is 114 Å². The van der Waals surface area contributed by atoms with Gasteiger partial charge in [0.05, 0.1) is 15.1 Å². The first-order chi connectivity index (χ1) is 24.7. The standard InChI is InChI=1S/C6H9ClO3.C5H8Cl2O.C5H9ClO.C4ClF7O.C3H3Br2ClO.C3H4BrClO.C2Cl2O2/c1-4(8)10-6(2,3)5(7)9;1-5(2,3-6)4(7)8;1-5(2,3)4(6)7;5-1(13)2(6,7)3(8,9)4(10,11)12;4-1-2(5)3(6)7;1-2(4)3(5)6;3-1(5)2(4)6/h1-3H3;3H2,1-2H3;1-3H3;;2H,1H2;2H,1H3;. The number of rotatable bonds is 10. The summed E-state index contributed by atoms with van der Waals surface area (Å²) >= 11 is 52.6. The first-order valence-electron chi connectivity index (χ1n) is 13.7. The molecule has 0 heterocycles. The van der Waals surface area contributed by atoms with E-state index < -0.39 is 56.0 Å². The lowest BCUT2D eigenvalue weighted by molar-refractivity contribution is -0.341. The van der Waals surface area contributed by atoms with Crippen molar-refractivity contribution in [1.82, 2.24) is 0 Å². The molecule has 0 bridgehead atoms. The van der Waals surface area contributed by atoms with Crippen LogP contribution in [0.4, 0.5) is 30.7 Å². The zero-order valence-electron chi connectivity index (χ0n) is 30.3. The molecule has 0 amide bonds. The van der Waals surface area contributed by atoms with Crippen molar-refractivity contribution in [1.29, 1.82) is 0 Å². The molecule has 338 valence electrons. The van der Waals surface area contributed by atoms with Gasteiger partial charge >= 0.3 is 34.5 Å². The third-order valence-electron chi connectivity index (χ3n) is 4.17. The minimum Gasteiger partial charge on any atom is -0.450 e. The van der Waals surface area contributed by atoms with E-state index in [1.54, 1.807) is 41.5 Å². The number of alkyl halides is 11. The van der Waals surface area contributed by atoms with Crippen LogP contribution >= 0.6 is 152 Å². The Kier molecular flexibility index (Phi) is 41.6. The third kappa shape index (κ3) is 40.2. The molecule has 0 radical (unpaired) electrons. The highest BCUT2D eigenvalue weighted by Crippen LogP contribution is 2.47. The molecule has 0 aliphatic carbocycles. The van der Waals surface area contributed by atoms with Gasteiger partial charge in [-0.25, -0.2) is 0 Å². The zero-order chi connectivity index (χ0) is 48.5. The summed E-state index contributed by atoms with van der Waals surface area (Å²) in [7, 11) is 0. The van der Waals surface area contributed by atoms with E-state index in [4.69, 9.17) is 69.6 Å². The van der Waals surface area contributed by atoms with Crippen molar-refractivity contribution >= 4 is 200 Å². The first-order valence-corrected chi connectivity index (χ1v) is 20.2. The second-order valence-electron chi connectivity index (χ2n) is 11.5. The maximum absolute atomic E-state index is 11.9. The number of ether oxygens (including phenoxy) is 1. The molecule has 0 aromatic rings. The van der Waals surface area contributed by atoms with Crippen LogP contribution < -0.4 is 0 Å². The summed E-state index contributed by atoms with van der Waals surface area (Å²) in [5, 5.41) is -6.84. The Morgan fingerprint density at radius 1 is 0.596 bits per heavy atom. The minimum absolute atomic E-state index is 0.209. The molecule has 0 N–H and O–H groups in total. The smallest absolute Gasteiger partial charge is 0.450 e. The molecule has 0 aliphatic rings. The molecule has 2 atom stereocenters. The average molecular weight is 1220 g/mol. The largest absolute Gasteiger partial charge is 0.460 e. The monoisotopic (exact) mass is 1210 g/mol. The van der Waals surface area contributed by atoms with Crippen LogP contribution in [0.3, 0.4) is 0 Å². The molecule has 0 aliphatic heterocycles. The fourth-order valence-electron chi connectivity index (χ4n) is 0.814. The maximum Gasteiger partial charge on any atom is 0.460 e. The number of carbonyl (C=O) groups is 9. The molecule has 0 fully saturated rings. The van der Waals surface area contributed by atoms with E-state index in [1.165, 1.54) is 20.8 Å². The van der Waals surface area contributed by atoms with Crippen LogP contribution in [0, 0.1) is 10.8 Å². The van der Waals surface area contributed by atoms with Crippen molar-refractivity contribution in [3.8, 4) is 0 Å². The fraction of sp³-hybridized carbons (Fsp3) is 0.679. The van der Waals surface area contributed by atoms with Crippen LogP contribution in [-0.2, 0) is 47.9 Å². The molecule has 0 aromatic heterocycles. The van der Waals surface area contributed by atoms with Gasteiger partial charge in [0.25, 0.3) is 10.5 Å². The Morgan fingerprint density at radius 2 is 0.895 bits per heavy atom. The molecule has 10 nitrogen and oxygen atoms in total. The predicted octanol–water partition coefficient (Wildman–Crippen LogP) is 11.5. The first kappa shape index (κ1) is 71.9. The minimum atomic E-state index is -6.53. The van der Waals surface area contributed by atoms with Gasteiger partial charge in [0.1, 0.15) is 0 Å². The van der Waals surface area contributed by atoms with Crippen molar-refractivity contribution in [2.45, 2.75) is 95.6 Å². The molecule has 0 saturated heterocycles. The van der Waals surface area contributed by atoms with Gasteiger partial charge in [-0.15, -0.1) is 11.6 Å². The summed E-state index contributed by atoms with van der Waals surface area (Å²) in [6, 6.07) is 0. The SMILES string of the molecule is CC(=O)OC(C)(C)C(=O)Cl.CC(Br)C(=O)Cl.CC(C)(C)C(=O)Cl.CC(C)(CCl)C(=O)Cl.O=C(Cl)C(=O)Cl.O=C(Cl)C(Br)CBr.O=C(Cl)C(F)(F)C(F)(F)C(F)(F)F. The molecule has 57 heavy (non-hydrogen) atoms. The average Bonchev–Trinajstić information content (AvgIpc) is 3.00. The van der Waals surface area contributed by atoms with Crippen molar-refractivity contribution in [2.24, 2.45) is 10.8 Å². The van der Waals surface area contributed by atoms with Gasteiger partial charge < -0.3 is 4.74 Å². The summed E-state index contributed by atoms with van der Waals surface area (Å²) < 4.78 is 85.6. The third-order valence-corrected chi connectivity index (χ3v) is 10.8. The number of halogens is 19. The van der Waals surface area contributed by atoms with Gasteiger partial charge in [-0.2, -0.15) is 30.7 Å². The summed E-state index contributed by atoms with van der Waals surface area (Å²) in [6.07, 6.45) is -6.53. The summed E-state index contributed by atoms with van der Waals surface area (Å²) in [6.45, 7) is 14.5. The fourth-order valence-corrected chi connectivity index (χ4v) is 1.79. The summed E-state index contributed by atoms with van der Waals surface area (Å²) in [4.78, 5) is 89.4. The Bertz CT molecular complexity index is 1340. The van der Waals surface area contributed by atoms with E-state index in [1.807, 2.05) is 0 Å². The highest BCUT2D eigenvalue weighted by atomic mass is 79.9. The van der Waals surface area contributed by atoms with E-state index in [0.29, 0.717) is 5.33 Å². The number of hydrogen-bond acceptors (Lipinski definition) is 10. The molecule has 0 saturated carbocycles. The molecular formula is C28H33Br3Cl9F7O10. The van der Waals surface area contributed by atoms with Gasteiger partial charge in [0.2, 0.25) is 21.0 Å². The van der Waals surface area contributed by atoms with Gasteiger partial charge in [-0.1, -0.05) is 82.4 Å². The quantitative estimate of drug-likeness (QED) is 0.0676. The molecule has 0 aromatic carbocycles. The maximum atomic E-state index is 11.9. The van der Waals surface area contributed by atoms with Crippen LogP contribution in [0.1, 0.15) is 62.3 Å². The topological polar surface area (TPSA) is 163 Å². The van der Waals surface area contributed by atoms with E-state index in [9.17, 15) is 73.9 Å². The normalized spacial score (nSPS) is 12.1. The molecule has 0 rings (SSSR count). The lowest BCUT2D eigenvalue weighted by Crippen LogP contribution is -2.54. The lowest BCUT2D eigenvalue weighted by atomic mass is 9.99. The van der Waals surface area contributed by atoms with Gasteiger partial charge in [0.15, 0.2) is 5.60 Å². The highest BCUT2D eigenvalue weighted by molar-refractivity contribution is 9.12. The van der Waals surface area contributed by atoms with Crippen LogP contribution in [0.5, 0.6) is 0 Å². The predicted molar refractivity (Wildman–Crippen MR) is 218 cm³/mol. The Morgan fingerprint density at radius 3 is 0.930 bits per heavy atom. The number of esters is 1. The van der Waals surface area contributed by atoms with Gasteiger partial charge in [-0.3, -0.25) is 43.2 Å². The van der Waals surface area contributed by atoms with Crippen molar-refractivity contribution in [3.05, 3.63) is 0 Å². The summed E-state index contributed by atoms with van der Waals surface area (Å²) in [5.74, 6) is -12.7. The van der Waals surface area contributed by atoms with E-state index >= 15 is 0 Å². The van der Waals surface area contributed by atoms with Crippen LogP contribution in [0.15, 0.2) is 0 Å². The van der Waals surface area contributed by atoms with Crippen molar-refractivity contribution in [3.63, 3.8) is 0 Å². The zero-order valence-corrected chi connectivity index (χ0v) is 41.9. The highest BCUT2D eigenvalue weighted by Gasteiger charge is 2.76. The number of carbonyl (C=O) groups excluding carboxylic acids is 9. The molecule has 29 heteroatoms. The van der Waals surface area contributed by atoms with Crippen LogP contribution in [-0.4, -0.2) is 92.4 Å². The van der Waals surface area contributed by atoms with E-state index in [-0.39, 0.29) is 41.9 Å². The molecular weight excluding hydrogens is 1190 g/mol. The lowest BCUT2D eigenvalue weighted by Gasteiger charge is -2.24. The molecule has 2 unspecified atom stereocenters.